The molecule has 0 aliphatic carbocycles. The van der Waals surface area contributed by atoms with Crippen LogP contribution in [-0.2, 0) is 14.8 Å². The Morgan fingerprint density at radius 2 is 1.67 bits per heavy atom. The van der Waals surface area contributed by atoms with Crippen molar-refractivity contribution in [3.8, 4) is 5.75 Å². The Bertz CT molecular complexity index is 1010. The lowest BCUT2D eigenvalue weighted by Gasteiger charge is -2.19. The first-order valence-corrected chi connectivity index (χ1v) is 11.1. The molecule has 0 fully saturated rings. The number of amides is 2. The van der Waals surface area contributed by atoms with Gasteiger partial charge in [0, 0.05) is 18.7 Å². The third kappa shape index (κ3) is 5.94. The van der Waals surface area contributed by atoms with Crippen molar-refractivity contribution in [2.75, 3.05) is 19.7 Å². The zero-order valence-electron chi connectivity index (χ0n) is 16.9. The molecule has 0 saturated carbocycles. The number of halogens is 1. The molecule has 162 valence electrons. The topological polar surface area (TPSA) is 105 Å². The van der Waals surface area contributed by atoms with Gasteiger partial charge in [-0.3, -0.25) is 20.4 Å². The van der Waals surface area contributed by atoms with Crippen LogP contribution in [0, 0.1) is 6.92 Å². The number of hydrogen-bond acceptors (Lipinski definition) is 5. The van der Waals surface area contributed by atoms with E-state index in [9.17, 15) is 18.0 Å². The number of hydrazine groups is 1. The van der Waals surface area contributed by atoms with Gasteiger partial charge in [0.05, 0.1) is 5.02 Å². The standard InChI is InChI=1S/C20H24ClN3O5S/c1-4-24(5-2)30(27,28)18-12-15(8-11-17(18)21)20(26)23-22-19(25)13-29-16-9-6-14(3)7-10-16/h6-12H,4-5,13H2,1-3H3,(H,22,25)(H,23,26). The summed E-state index contributed by atoms with van der Waals surface area (Å²) in [6.45, 7) is 5.58. The van der Waals surface area contributed by atoms with Crippen LogP contribution in [-0.4, -0.2) is 44.2 Å². The van der Waals surface area contributed by atoms with Crippen LogP contribution < -0.4 is 15.6 Å². The van der Waals surface area contributed by atoms with Gasteiger partial charge in [0.15, 0.2) is 6.61 Å². The van der Waals surface area contributed by atoms with Crippen molar-refractivity contribution in [1.29, 1.82) is 0 Å². The van der Waals surface area contributed by atoms with Crippen LogP contribution in [0.4, 0.5) is 0 Å². The van der Waals surface area contributed by atoms with Crippen LogP contribution in [0.1, 0.15) is 29.8 Å². The molecule has 2 aromatic carbocycles. The lowest BCUT2D eigenvalue weighted by Crippen LogP contribution is -2.43. The third-order valence-electron chi connectivity index (χ3n) is 4.22. The van der Waals surface area contributed by atoms with E-state index < -0.39 is 21.8 Å². The first-order chi connectivity index (χ1) is 14.2. The van der Waals surface area contributed by atoms with Gasteiger partial charge in [0.2, 0.25) is 10.0 Å². The van der Waals surface area contributed by atoms with Crippen LogP contribution in [0.25, 0.3) is 0 Å². The third-order valence-corrected chi connectivity index (χ3v) is 6.75. The van der Waals surface area contributed by atoms with Crippen LogP contribution in [0.15, 0.2) is 47.4 Å². The number of nitrogens with one attached hydrogen (secondary N) is 2. The number of nitrogens with zero attached hydrogens (tertiary/aromatic N) is 1. The van der Waals surface area contributed by atoms with Crippen LogP contribution in [0.3, 0.4) is 0 Å². The van der Waals surface area contributed by atoms with Crippen molar-refractivity contribution >= 4 is 33.4 Å². The van der Waals surface area contributed by atoms with Gasteiger partial charge in [-0.2, -0.15) is 4.31 Å². The molecule has 0 aliphatic heterocycles. The van der Waals surface area contributed by atoms with E-state index in [2.05, 4.69) is 10.9 Å². The molecule has 0 saturated heterocycles. The number of carbonyl (C=O) groups excluding carboxylic acids is 2. The average molecular weight is 454 g/mol. The summed E-state index contributed by atoms with van der Waals surface area (Å²) < 4.78 is 32.0. The predicted octanol–water partition coefficient (Wildman–Crippen LogP) is 2.52. The number of benzene rings is 2. The summed E-state index contributed by atoms with van der Waals surface area (Å²) in [4.78, 5) is 24.1. The van der Waals surface area contributed by atoms with E-state index >= 15 is 0 Å². The smallest absolute Gasteiger partial charge is 0.276 e. The first-order valence-electron chi connectivity index (χ1n) is 9.27. The Hall–Kier alpha value is -2.62. The fourth-order valence-electron chi connectivity index (χ4n) is 2.56. The Morgan fingerprint density at radius 1 is 1.03 bits per heavy atom. The Labute approximate surface area is 181 Å². The van der Waals surface area contributed by atoms with Gasteiger partial charge in [-0.15, -0.1) is 0 Å². The minimum absolute atomic E-state index is 0.00832. The van der Waals surface area contributed by atoms with E-state index in [-0.39, 0.29) is 35.2 Å². The van der Waals surface area contributed by atoms with E-state index in [0.29, 0.717) is 5.75 Å². The molecule has 0 unspecified atom stereocenters. The number of hydrogen-bond donors (Lipinski definition) is 2. The summed E-state index contributed by atoms with van der Waals surface area (Å²) in [5.74, 6) is -0.744. The molecule has 2 amide bonds. The van der Waals surface area contributed by atoms with E-state index in [1.54, 1.807) is 26.0 Å². The zero-order chi connectivity index (χ0) is 22.3. The highest BCUT2D eigenvalue weighted by molar-refractivity contribution is 7.89. The molecular formula is C20H24ClN3O5S. The van der Waals surface area contributed by atoms with Crippen molar-refractivity contribution in [3.05, 3.63) is 58.6 Å². The van der Waals surface area contributed by atoms with Crippen LogP contribution >= 0.6 is 11.6 Å². The molecule has 2 N–H and O–H groups in total. The normalized spacial score (nSPS) is 11.2. The summed E-state index contributed by atoms with van der Waals surface area (Å²) in [6.07, 6.45) is 0. The van der Waals surface area contributed by atoms with Gasteiger partial charge in [0.25, 0.3) is 11.8 Å². The largest absolute Gasteiger partial charge is 0.484 e. The van der Waals surface area contributed by atoms with Gasteiger partial charge in [0.1, 0.15) is 10.6 Å². The second kappa shape index (κ2) is 10.4. The van der Waals surface area contributed by atoms with Gasteiger partial charge < -0.3 is 4.74 Å². The quantitative estimate of drug-likeness (QED) is 0.597. The second-order valence-corrected chi connectivity index (χ2v) is 8.65. The zero-order valence-corrected chi connectivity index (χ0v) is 18.5. The Morgan fingerprint density at radius 3 is 2.27 bits per heavy atom. The summed E-state index contributed by atoms with van der Waals surface area (Å²) in [5, 5.41) is 0.00832. The SMILES string of the molecule is CCN(CC)S(=O)(=O)c1cc(C(=O)NNC(=O)COc2ccc(C)cc2)ccc1Cl. The predicted molar refractivity (Wildman–Crippen MR) is 114 cm³/mol. The molecule has 30 heavy (non-hydrogen) atoms. The van der Waals surface area contributed by atoms with Gasteiger partial charge in [-0.05, 0) is 37.3 Å². The molecule has 2 aromatic rings. The molecule has 0 bridgehead atoms. The van der Waals surface area contributed by atoms with E-state index in [1.165, 1.54) is 22.5 Å². The summed E-state index contributed by atoms with van der Waals surface area (Å²) in [5.41, 5.74) is 5.55. The molecule has 0 radical (unpaired) electrons. The van der Waals surface area contributed by atoms with Crippen LogP contribution in [0.5, 0.6) is 5.75 Å². The second-order valence-electron chi connectivity index (χ2n) is 6.34. The van der Waals surface area contributed by atoms with E-state index in [4.69, 9.17) is 16.3 Å². The Kier molecular flexibility index (Phi) is 8.22. The summed E-state index contributed by atoms with van der Waals surface area (Å²) in [6, 6.07) is 11.0. The number of carbonyl (C=O) groups is 2. The molecule has 8 nitrogen and oxygen atoms in total. The number of ether oxygens (including phenoxy) is 1. The van der Waals surface area contributed by atoms with E-state index in [0.717, 1.165) is 5.56 Å². The highest BCUT2D eigenvalue weighted by Crippen LogP contribution is 2.25. The monoisotopic (exact) mass is 453 g/mol. The molecule has 10 heteroatoms. The fraction of sp³-hybridized carbons (Fsp3) is 0.300. The summed E-state index contributed by atoms with van der Waals surface area (Å²) in [7, 11) is -3.85. The van der Waals surface area contributed by atoms with Crippen molar-refractivity contribution in [3.63, 3.8) is 0 Å². The van der Waals surface area contributed by atoms with E-state index in [1.807, 2.05) is 19.1 Å². The minimum atomic E-state index is -3.85. The minimum Gasteiger partial charge on any atom is -0.484 e. The molecule has 0 atom stereocenters. The lowest BCUT2D eigenvalue weighted by molar-refractivity contribution is -0.123. The molecule has 0 aliphatic rings. The number of rotatable bonds is 8. The Balaban J connectivity index is 2.01. The van der Waals surface area contributed by atoms with Gasteiger partial charge >= 0.3 is 0 Å². The average Bonchev–Trinajstić information content (AvgIpc) is 2.72. The number of sulfonamides is 1. The molecule has 2 rings (SSSR count). The molecule has 0 heterocycles. The van der Waals surface area contributed by atoms with Crippen molar-refractivity contribution < 1.29 is 22.7 Å². The van der Waals surface area contributed by atoms with Crippen molar-refractivity contribution in [1.82, 2.24) is 15.2 Å². The lowest BCUT2D eigenvalue weighted by atomic mass is 10.2. The number of aryl methyl sites for hydroxylation is 1. The maximum absolute atomic E-state index is 12.7. The van der Waals surface area contributed by atoms with Gasteiger partial charge in [-0.25, -0.2) is 8.42 Å². The molecular weight excluding hydrogens is 430 g/mol. The fourth-order valence-corrected chi connectivity index (χ4v) is 4.52. The molecule has 0 spiro atoms. The van der Waals surface area contributed by atoms with Gasteiger partial charge in [-0.1, -0.05) is 43.1 Å². The van der Waals surface area contributed by atoms with Crippen molar-refractivity contribution in [2.24, 2.45) is 0 Å². The highest BCUT2D eigenvalue weighted by Gasteiger charge is 2.25. The molecule has 0 aromatic heterocycles. The highest BCUT2D eigenvalue weighted by atomic mass is 35.5. The summed E-state index contributed by atoms with van der Waals surface area (Å²) >= 11 is 6.06. The maximum Gasteiger partial charge on any atom is 0.276 e. The first kappa shape index (κ1) is 23.7. The van der Waals surface area contributed by atoms with Crippen LogP contribution in [0.2, 0.25) is 5.02 Å². The van der Waals surface area contributed by atoms with Crippen molar-refractivity contribution in [2.45, 2.75) is 25.7 Å². The maximum atomic E-state index is 12.7.